The van der Waals surface area contributed by atoms with Gasteiger partial charge >= 0.3 is 0 Å². The van der Waals surface area contributed by atoms with Gasteiger partial charge in [0.05, 0.1) is 47.3 Å². The number of rotatable bonds is 6. The molecule has 6 nitrogen and oxygen atoms in total. The van der Waals surface area contributed by atoms with E-state index >= 15 is 0 Å². The van der Waals surface area contributed by atoms with E-state index in [0.29, 0.717) is 35.1 Å². The van der Waals surface area contributed by atoms with Crippen LogP contribution in [0.5, 0.6) is 5.75 Å². The van der Waals surface area contributed by atoms with E-state index in [0.717, 1.165) is 52.4 Å². The summed E-state index contributed by atoms with van der Waals surface area (Å²) in [7, 11) is 1.57. The largest absolute Gasteiger partial charge is 0.495 e. The molecule has 0 saturated carbocycles. The van der Waals surface area contributed by atoms with Gasteiger partial charge in [-0.25, -0.2) is 4.98 Å². The second-order valence-electron chi connectivity index (χ2n) is 7.20. The van der Waals surface area contributed by atoms with Crippen LogP contribution in [-0.4, -0.2) is 27.7 Å². The molecule has 0 atom stereocenters. The molecule has 29 heavy (non-hydrogen) atoms. The summed E-state index contributed by atoms with van der Waals surface area (Å²) in [5.41, 5.74) is 5.22. The van der Waals surface area contributed by atoms with Crippen molar-refractivity contribution < 1.29 is 9.47 Å². The zero-order chi connectivity index (χ0) is 20.7. The van der Waals surface area contributed by atoms with Crippen molar-refractivity contribution in [1.82, 2.24) is 14.6 Å². The number of hydrogen-bond donors (Lipinski definition) is 1. The molecule has 0 amide bonds. The average Bonchev–Trinajstić information content (AvgIpc) is 3.30. The summed E-state index contributed by atoms with van der Waals surface area (Å²) >= 11 is 13.0. The van der Waals surface area contributed by atoms with Gasteiger partial charge in [-0.05, 0) is 25.8 Å². The van der Waals surface area contributed by atoms with Crippen molar-refractivity contribution in [3.8, 4) is 16.9 Å². The molecule has 0 saturated heterocycles. The zero-order valence-electron chi connectivity index (χ0n) is 17.0. The van der Waals surface area contributed by atoms with E-state index in [9.17, 15) is 0 Å². The molecule has 8 heteroatoms. The number of halogens is 2. The molecule has 0 radical (unpaired) electrons. The molecule has 0 spiro atoms. The SMILES string of the molecule is CCC(CC)Nc1c2c(nc3c(-c4cc(Cl)c(OC)cc4Cl)c(C)nn13)COC2. The van der Waals surface area contributed by atoms with Crippen molar-refractivity contribution in [2.24, 2.45) is 0 Å². The summed E-state index contributed by atoms with van der Waals surface area (Å²) in [4.78, 5) is 4.89. The normalized spacial score (nSPS) is 13.3. The third kappa shape index (κ3) is 3.43. The molecule has 0 fully saturated rings. The highest BCUT2D eigenvalue weighted by Gasteiger charge is 2.26. The highest BCUT2D eigenvalue weighted by atomic mass is 35.5. The maximum atomic E-state index is 6.59. The van der Waals surface area contributed by atoms with Gasteiger partial charge in [-0.2, -0.15) is 9.61 Å². The number of aromatic nitrogens is 3. The Balaban J connectivity index is 1.96. The van der Waals surface area contributed by atoms with Crippen molar-refractivity contribution >= 4 is 34.7 Å². The van der Waals surface area contributed by atoms with Crippen LogP contribution >= 0.6 is 23.2 Å². The second-order valence-corrected chi connectivity index (χ2v) is 8.01. The molecule has 3 aromatic rings. The van der Waals surface area contributed by atoms with Gasteiger partial charge in [0.2, 0.25) is 0 Å². The summed E-state index contributed by atoms with van der Waals surface area (Å²) in [6.07, 6.45) is 2.03. The Bertz CT molecular complexity index is 1080. The van der Waals surface area contributed by atoms with E-state index in [1.54, 1.807) is 13.2 Å². The van der Waals surface area contributed by atoms with Crippen LogP contribution in [0.2, 0.25) is 10.0 Å². The fraction of sp³-hybridized carbons (Fsp3) is 0.429. The molecule has 0 unspecified atom stereocenters. The lowest BCUT2D eigenvalue weighted by Crippen LogP contribution is -2.21. The van der Waals surface area contributed by atoms with E-state index in [4.69, 9.17) is 42.8 Å². The maximum absolute atomic E-state index is 6.59. The fourth-order valence-electron chi connectivity index (χ4n) is 3.78. The smallest absolute Gasteiger partial charge is 0.165 e. The molecule has 0 bridgehead atoms. The molecule has 1 aliphatic heterocycles. The predicted octanol–water partition coefficient (Wildman–Crippen LogP) is 5.65. The Morgan fingerprint density at radius 3 is 2.66 bits per heavy atom. The third-order valence-corrected chi connectivity index (χ3v) is 6.05. The summed E-state index contributed by atoms with van der Waals surface area (Å²) in [6.45, 7) is 7.33. The van der Waals surface area contributed by atoms with Gasteiger partial charge in [-0.15, -0.1) is 0 Å². The van der Waals surface area contributed by atoms with Crippen LogP contribution in [0.3, 0.4) is 0 Å². The molecule has 2 aromatic heterocycles. The summed E-state index contributed by atoms with van der Waals surface area (Å²) in [5, 5.41) is 9.49. The minimum atomic E-state index is 0.345. The monoisotopic (exact) mass is 434 g/mol. The number of nitrogens with zero attached hydrogens (tertiary/aromatic N) is 3. The van der Waals surface area contributed by atoms with E-state index < -0.39 is 0 Å². The van der Waals surface area contributed by atoms with Crippen molar-refractivity contribution in [2.45, 2.75) is 52.9 Å². The van der Waals surface area contributed by atoms with E-state index in [1.165, 1.54) is 0 Å². The number of benzene rings is 1. The van der Waals surface area contributed by atoms with Crippen LogP contribution in [-0.2, 0) is 18.0 Å². The standard InChI is InChI=1S/C21H24Cl2N4O2/c1-5-12(6-2)24-20-14-9-29-10-17(14)25-21-19(11(3)26-27(20)21)13-7-16(23)18(28-4)8-15(13)22/h7-8,12,24H,5-6,9-10H2,1-4H3. The first-order valence-electron chi connectivity index (χ1n) is 9.77. The number of fused-ring (bicyclic) bond motifs is 2. The highest BCUT2D eigenvalue weighted by Crippen LogP contribution is 2.41. The van der Waals surface area contributed by atoms with Crippen LogP contribution in [0.15, 0.2) is 12.1 Å². The molecule has 1 aliphatic rings. The lowest BCUT2D eigenvalue weighted by atomic mass is 10.1. The van der Waals surface area contributed by atoms with Crippen molar-refractivity contribution in [3.05, 3.63) is 39.1 Å². The number of hydrogen-bond acceptors (Lipinski definition) is 5. The van der Waals surface area contributed by atoms with Gasteiger partial charge in [-0.3, -0.25) is 0 Å². The Labute approximate surface area is 180 Å². The lowest BCUT2D eigenvalue weighted by molar-refractivity contribution is 0.133. The number of anilines is 1. The third-order valence-electron chi connectivity index (χ3n) is 5.45. The van der Waals surface area contributed by atoms with Gasteiger partial charge in [-0.1, -0.05) is 37.0 Å². The van der Waals surface area contributed by atoms with Gasteiger partial charge in [0.15, 0.2) is 5.65 Å². The number of aryl methyl sites for hydroxylation is 1. The van der Waals surface area contributed by atoms with Gasteiger partial charge in [0.25, 0.3) is 0 Å². The molecule has 154 valence electrons. The molecule has 3 heterocycles. The molecule has 4 rings (SSSR count). The van der Waals surface area contributed by atoms with Gasteiger partial charge < -0.3 is 14.8 Å². The van der Waals surface area contributed by atoms with Gasteiger partial charge in [0, 0.05) is 23.2 Å². The lowest BCUT2D eigenvalue weighted by Gasteiger charge is -2.19. The van der Waals surface area contributed by atoms with Crippen molar-refractivity contribution in [2.75, 3.05) is 12.4 Å². The highest BCUT2D eigenvalue weighted by molar-refractivity contribution is 6.36. The zero-order valence-corrected chi connectivity index (χ0v) is 18.5. The minimum Gasteiger partial charge on any atom is -0.495 e. The Kier molecular flexibility index (Phi) is 5.60. The minimum absolute atomic E-state index is 0.345. The summed E-state index contributed by atoms with van der Waals surface area (Å²) in [5.74, 6) is 1.48. The van der Waals surface area contributed by atoms with Crippen LogP contribution in [0.4, 0.5) is 5.82 Å². The van der Waals surface area contributed by atoms with E-state index in [1.807, 2.05) is 17.5 Å². The summed E-state index contributed by atoms with van der Waals surface area (Å²) < 4.78 is 12.9. The Morgan fingerprint density at radius 2 is 1.97 bits per heavy atom. The van der Waals surface area contributed by atoms with Crippen LogP contribution in [0, 0.1) is 6.92 Å². The summed E-state index contributed by atoms with van der Waals surface area (Å²) in [6, 6.07) is 3.88. The first kappa shape index (κ1) is 20.3. The topological polar surface area (TPSA) is 60.7 Å². The van der Waals surface area contributed by atoms with Crippen molar-refractivity contribution in [1.29, 1.82) is 0 Å². The first-order valence-corrected chi connectivity index (χ1v) is 10.5. The average molecular weight is 435 g/mol. The van der Waals surface area contributed by atoms with E-state index in [2.05, 4.69) is 19.2 Å². The number of methoxy groups -OCH3 is 1. The number of ether oxygens (including phenoxy) is 2. The fourth-order valence-corrected chi connectivity index (χ4v) is 4.27. The molecule has 1 N–H and O–H groups in total. The molecular weight excluding hydrogens is 411 g/mol. The maximum Gasteiger partial charge on any atom is 0.165 e. The first-order chi connectivity index (χ1) is 14.0. The van der Waals surface area contributed by atoms with Gasteiger partial charge in [0.1, 0.15) is 11.6 Å². The number of nitrogens with one attached hydrogen (secondary N) is 1. The molecule has 1 aromatic carbocycles. The quantitative estimate of drug-likeness (QED) is 0.542. The van der Waals surface area contributed by atoms with Crippen molar-refractivity contribution in [3.63, 3.8) is 0 Å². The Hall–Kier alpha value is -2.02. The van der Waals surface area contributed by atoms with Crippen LogP contribution in [0.1, 0.15) is 43.6 Å². The van der Waals surface area contributed by atoms with Crippen LogP contribution < -0.4 is 10.1 Å². The predicted molar refractivity (Wildman–Crippen MR) is 116 cm³/mol. The molecule has 0 aliphatic carbocycles. The molecular formula is C21H24Cl2N4O2. The van der Waals surface area contributed by atoms with E-state index in [-0.39, 0.29) is 0 Å². The second kappa shape index (κ2) is 8.01. The van der Waals surface area contributed by atoms with Crippen LogP contribution in [0.25, 0.3) is 16.8 Å². The Morgan fingerprint density at radius 1 is 1.21 bits per heavy atom.